The Morgan fingerprint density at radius 1 is 0.968 bits per heavy atom. The molecule has 0 aliphatic heterocycles. The molecule has 7 nitrogen and oxygen atoms in total. The van der Waals surface area contributed by atoms with Crippen LogP contribution >= 0.6 is 0 Å². The smallest absolute Gasteiger partial charge is 0.291 e. The normalized spacial score (nSPS) is 14.1. The van der Waals surface area contributed by atoms with Crippen molar-refractivity contribution in [2.75, 3.05) is 17.2 Å². The van der Waals surface area contributed by atoms with Crippen LogP contribution in [0, 0.1) is 5.92 Å². The average Bonchev–Trinajstić information content (AvgIpc) is 3.35. The van der Waals surface area contributed by atoms with E-state index in [0.29, 0.717) is 35.3 Å². The zero-order valence-electron chi connectivity index (χ0n) is 17.2. The molecule has 0 atom stereocenters. The number of furan rings is 1. The summed E-state index contributed by atoms with van der Waals surface area (Å²) in [5.41, 5.74) is 1.01. The number of hydrogen-bond donors (Lipinski definition) is 2. The number of ether oxygens (including phenoxy) is 1. The molecule has 0 radical (unpaired) electrons. The number of nitrogens with one attached hydrogen (secondary N) is 2. The molecule has 4 rings (SSSR count). The fourth-order valence-electron chi connectivity index (χ4n) is 3.65. The maximum Gasteiger partial charge on any atom is 0.291 e. The molecule has 1 saturated carbocycles. The zero-order chi connectivity index (χ0) is 21.5. The lowest BCUT2D eigenvalue weighted by atomic mass is 9.90. The maximum absolute atomic E-state index is 12.7. The number of aromatic nitrogens is 1. The quantitative estimate of drug-likeness (QED) is 0.553. The number of rotatable bonds is 7. The minimum atomic E-state index is -0.351. The standard InChI is InChI=1S/C24H25N3O4/c28-23(18-10-12-19(13-11-18)26-24(29)21-9-5-15-30-21)27-22-20(8-4-14-25-22)31-16-17-6-2-1-3-7-17/h4-5,8-15,17H,1-3,6-7,16H2,(H,26,29)(H,25,27,28). The van der Waals surface area contributed by atoms with Gasteiger partial charge in [0.15, 0.2) is 17.3 Å². The van der Waals surface area contributed by atoms with E-state index in [1.165, 1.54) is 38.4 Å². The van der Waals surface area contributed by atoms with E-state index in [4.69, 9.17) is 9.15 Å². The molecule has 2 heterocycles. The SMILES string of the molecule is O=C(Nc1ncccc1OCC1CCCCC1)c1ccc(NC(=O)c2ccco2)cc1. The predicted octanol–water partition coefficient (Wildman–Crippen LogP) is 5.14. The molecule has 2 N–H and O–H groups in total. The Morgan fingerprint density at radius 3 is 2.52 bits per heavy atom. The second kappa shape index (κ2) is 9.93. The Hall–Kier alpha value is -3.61. The lowest BCUT2D eigenvalue weighted by molar-refractivity contribution is 0.0995. The van der Waals surface area contributed by atoms with Gasteiger partial charge in [-0.15, -0.1) is 0 Å². The molecule has 0 bridgehead atoms. The van der Waals surface area contributed by atoms with E-state index in [9.17, 15) is 9.59 Å². The van der Waals surface area contributed by atoms with Crippen LogP contribution in [0.15, 0.2) is 65.4 Å². The number of carbonyl (C=O) groups excluding carboxylic acids is 2. The Balaban J connectivity index is 1.36. The summed E-state index contributed by atoms with van der Waals surface area (Å²) in [5, 5.41) is 5.54. The van der Waals surface area contributed by atoms with Gasteiger partial charge in [0.05, 0.1) is 12.9 Å². The van der Waals surface area contributed by atoms with Crippen LogP contribution in [-0.2, 0) is 0 Å². The van der Waals surface area contributed by atoms with Crippen molar-refractivity contribution < 1.29 is 18.7 Å². The van der Waals surface area contributed by atoms with Crippen molar-refractivity contribution >= 4 is 23.3 Å². The fraction of sp³-hybridized carbons (Fsp3) is 0.292. The van der Waals surface area contributed by atoms with E-state index < -0.39 is 0 Å². The van der Waals surface area contributed by atoms with Gasteiger partial charge in [-0.25, -0.2) is 4.98 Å². The van der Waals surface area contributed by atoms with E-state index >= 15 is 0 Å². The Labute approximate surface area is 180 Å². The van der Waals surface area contributed by atoms with E-state index in [-0.39, 0.29) is 17.6 Å². The number of pyridine rings is 1. The minimum Gasteiger partial charge on any atom is -0.489 e. The minimum absolute atomic E-state index is 0.220. The van der Waals surface area contributed by atoms with Crippen molar-refractivity contribution in [1.29, 1.82) is 0 Å². The second-order valence-electron chi connectivity index (χ2n) is 7.63. The van der Waals surface area contributed by atoms with Crippen LogP contribution in [0.5, 0.6) is 5.75 Å². The number of anilines is 2. The number of nitrogens with zero attached hydrogens (tertiary/aromatic N) is 1. The molecular formula is C24H25N3O4. The molecule has 0 unspecified atom stereocenters. The van der Waals surface area contributed by atoms with Gasteiger partial charge < -0.3 is 19.8 Å². The molecule has 0 spiro atoms. The van der Waals surface area contributed by atoms with Gasteiger partial charge in [-0.2, -0.15) is 0 Å². The largest absolute Gasteiger partial charge is 0.489 e. The molecule has 2 aromatic heterocycles. The van der Waals surface area contributed by atoms with Gasteiger partial charge >= 0.3 is 0 Å². The van der Waals surface area contributed by atoms with Crippen molar-refractivity contribution in [3.8, 4) is 5.75 Å². The summed E-state index contributed by atoms with van der Waals surface area (Å²) in [6.45, 7) is 0.638. The molecule has 160 valence electrons. The van der Waals surface area contributed by atoms with E-state index in [1.54, 1.807) is 48.7 Å². The summed E-state index contributed by atoms with van der Waals surface area (Å²) in [7, 11) is 0. The van der Waals surface area contributed by atoms with Crippen LogP contribution in [0.2, 0.25) is 0 Å². The van der Waals surface area contributed by atoms with Crippen molar-refractivity contribution in [3.63, 3.8) is 0 Å². The summed E-state index contributed by atoms with van der Waals surface area (Å²) < 4.78 is 11.0. The van der Waals surface area contributed by atoms with Crippen molar-refractivity contribution in [2.24, 2.45) is 5.92 Å². The third-order valence-corrected chi connectivity index (χ3v) is 5.35. The first-order chi connectivity index (χ1) is 15.2. The molecule has 1 fully saturated rings. The summed E-state index contributed by atoms with van der Waals surface area (Å²) >= 11 is 0. The molecule has 7 heteroatoms. The predicted molar refractivity (Wildman–Crippen MR) is 117 cm³/mol. The highest BCUT2D eigenvalue weighted by atomic mass is 16.5. The van der Waals surface area contributed by atoms with Gasteiger partial charge in [-0.1, -0.05) is 19.3 Å². The van der Waals surface area contributed by atoms with Gasteiger partial charge in [-0.05, 0) is 67.3 Å². The molecular weight excluding hydrogens is 394 g/mol. The molecule has 0 saturated heterocycles. The number of hydrogen-bond acceptors (Lipinski definition) is 5. The van der Waals surface area contributed by atoms with Crippen molar-refractivity contribution in [3.05, 3.63) is 72.3 Å². The molecule has 31 heavy (non-hydrogen) atoms. The lowest BCUT2D eigenvalue weighted by Crippen LogP contribution is -2.18. The van der Waals surface area contributed by atoms with Crippen LogP contribution in [0.1, 0.15) is 53.0 Å². The monoisotopic (exact) mass is 419 g/mol. The third kappa shape index (κ3) is 5.51. The Morgan fingerprint density at radius 2 is 1.77 bits per heavy atom. The van der Waals surface area contributed by atoms with Crippen molar-refractivity contribution in [2.45, 2.75) is 32.1 Å². The molecule has 1 aliphatic carbocycles. The fourth-order valence-corrected chi connectivity index (χ4v) is 3.65. The van der Waals surface area contributed by atoms with Gasteiger partial charge in [0, 0.05) is 17.4 Å². The van der Waals surface area contributed by atoms with Gasteiger partial charge in [0.2, 0.25) is 0 Å². The van der Waals surface area contributed by atoms with E-state index in [0.717, 1.165) is 0 Å². The topological polar surface area (TPSA) is 93.5 Å². The summed E-state index contributed by atoms with van der Waals surface area (Å²) in [4.78, 5) is 29.0. The van der Waals surface area contributed by atoms with Crippen LogP contribution in [0.3, 0.4) is 0 Å². The maximum atomic E-state index is 12.7. The molecule has 3 aromatic rings. The van der Waals surface area contributed by atoms with Crippen LogP contribution in [0.25, 0.3) is 0 Å². The first kappa shape index (κ1) is 20.7. The van der Waals surface area contributed by atoms with Crippen LogP contribution in [-0.4, -0.2) is 23.4 Å². The first-order valence-corrected chi connectivity index (χ1v) is 10.5. The molecule has 1 aromatic carbocycles. The number of amides is 2. The summed E-state index contributed by atoms with van der Waals surface area (Å²) in [6.07, 6.45) is 9.24. The number of carbonyl (C=O) groups is 2. The zero-order valence-corrected chi connectivity index (χ0v) is 17.2. The summed E-state index contributed by atoms with van der Waals surface area (Å²) in [6, 6.07) is 13.4. The second-order valence-corrected chi connectivity index (χ2v) is 7.63. The van der Waals surface area contributed by atoms with Crippen LogP contribution in [0.4, 0.5) is 11.5 Å². The Kier molecular flexibility index (Phi) is 6.62. The average molecular weight is 419 g/mol. The third-order valence-electron chi connectivity index (χ3n) is 5.35. The van der Waals surface area contributed by atoms with Gasteiger partial charge in [0.25, 0.3) is 11.8 Å². The Bertz CT molecular complexity index is 1010. The molecule has 1 aliphatic rings. The van der Waals surface area contributed by atoms with Crippen molar-refractivity contribution in [1.82, 2.24) is 4.98 Å². The highest BCUT2D eigenvalue weighted by Crippen LogP contribution is 2.27. The van der Waals surface area contributed by atoms with Crippen LogP contribution < -0.4 is 15.4 Å². The molecule has 2 amide bonds. The highest BCUT2D eigenvalue weighted by molar-refractivity contribution is 6.05. The van der Waals surface area contributed by atoms with E-state index in [2.05, 4.69) is 15.6 Å². The number of benzene rings is 1. The first-order valence-electron chi connectivity index (χ1n) is 10.5. The highest BCUT2D eigenvalue weighted by Gasteiger charge is 2.16. The lowest BCUT2D eigenvalue weighted by Gasteiger charge is -2.22. The van der Waals surface area contributed by atoms with E-state index in [1.807, 2.05) is 6.07 Å². The summed E-state index contributed by atoms with van der Waals surface area (Å²) in [5.74, 6) is 1.10. The van der Waals surface area contributed by atoms with Gasteiger partial charge in [0.1, 0.15) is 0 Å². The van der Waals surface area contributed by atoms with Gasteiger partial charge in [-0.3, -0.25) is 9.59 Å².